The molecule has 0 saturated carbocycles. The molecular formula is C17H36O2. The minimum atomic E-state index is -0.398. The van der Waals surface area contributed by atoms with E-state index in [-0.39, 0.29) is 21.8 Å². The van der Waals surface area contributed by atoms with E-state index in [2.05, 4.69) is 62.3 Å². The predicted molar refractivity (Wildman–Crippen MR) is 83.3 cm³/mol. The van der Waals surface area contributed by atoms with Gasteiger partial charge >= 0.3 is 0 Å². The van der Waals surface area contributed by atoms with Crippen molar-refractivity contribution < 1.29 is 9.84 Å². The third-order valence-electron chi connectivity index (χ3n) is 6.11. The van der Waals surface area contributed by atoms with Crippen molar-refractivity contribution in [3.63, 3.8) is 0 Å². The third kappa shape index (κ3) is 3.95. The summed E-state index contributed by atoms with van der Waals surface area (Å²) in [5, 5.41) is 9.97. The number of hydrogen-bond donors (Lipinski definition) is 1. The molecule has 0 aliphatic carbocycles. The maximum Gasteiger partial charge on any atom is 0.0701 e. The van der Waals surface area contributed by atoms with Crippen molar-refractivity contribution >= 4 is 0 Å². The second-order valence-corrected chi connectivity index (χ2v) is 8.32. The van der Waals surface area contributed by atoms with Gasteiger partial charge in [-0.15, -0.1) is 0 Å². The van der Waals surface area contributed by atoms with Crippen molar-refractivity contribution in [2.75, 3.05) is 6.61 Å². The fraction of sp³-hybridized carbons (Fsp3) is 1.00. The molecule has 0 aromatic heterocycles. The first-order valence-corrected chi connectivity index (χ1v) is 7.53. The summed E-state index contributed by atoms with van der Waals surface area (Å²) in [5.74, 6) is 0. The molecule has 0 amide bonds. The molecule has 0 aliphatic rings. The van der Waals surface area contributed by atoms with Crippen molar-refractivity contribution in [3.8, 4) is 0 Å². The first kappa shape index (κ1) is 18.9. The Morgan fingerprint density at radius 2 is 1.32 bits per heavy atom. The van der Waals surface area contributed by atoms with E-state index in [0.29, 0.717) is 6.61 Å². The Bertz CT molecular complexity index is 286. The SMILES string of the molecule is CCC(C)(C)C(C)(C)COC(C)(C)C(C)(C)C(C)O. The molecule has 0 aliphatic heterocycles. The van der Waals surface area contributed by atoms with Crippen LogP contribution in [0.4, 0.5) is 0 Å². The quantitative estimate of drug-likeness (QED) is 0.731. The molecule has 19 heavy (non-hydrogen) atoms. The van der Waals surface area contributed by atoms with E-state index in [4.69, 9.17) is 4.74 Å². The van der Waals surface area contributed by atoms with Crippen LogP contribution in [0.2, 0.25) is 0 Å². The lowest BCUT2D eigenvalue weighted by Crippen LogP contribution is -2.50. The Balaban J connectivity index is 4.90. The van der Waals surface area contributed by atoms with E-state index in [9.17, 15) is 5.11 Å². The molecule has 0 fully saturated rings. The zero-order valence-corrected chi connectivity index (χ0v) is 14.8. The third-order valence-corrected chi connectivity index (χ3v) is 6.11. The van der Waals surface area contributed by atoms with Gasteiger partial charge in [0.25, 0.3) is 0 Å². The molecule has 1 unspecified atom stereocenters. The molecule has 0 saturated heterocycles. The minimum Gasteiger partial charge on any atom is -0.393 e. The lowest BCUT2D eigenvalue weighted by Gasteiger charge is -2.48. The fourth-order valence-electron chi connectivity index (χ4n) is 1.72. The maximum absolute atomic E-state index is 9.97. The number of aliphatic hydroxyl groups excluding tert-OH is 1. The Hall–Kier alpha value is -0.0800. The maximum atomic E-state index is 9.97. The highest BCUT2D eigenvalue weighted by Gasteiger charge is 2.44. The highest BCUT2D eigenvalue weighted by molar-refractivity contribution is 4.93. The molecule has 0 bridgehead atoms. The molecule has 2 heteroatoms. The van der Waals surface area contributed by atoms with Gasteiger partial charge in [0.1, 0.15) is 0 Å². The number of aliphatic hydroxyl groups is 1. The number of hydrogen-bond acceptors (Lipinski definition) is 2. The van der Waals surface area contributed by atoms with Gasteiger partial charge < -0.3 is 9.84 Å². The summed E-state index contributed by atoms with van der Waals surface area (Å²) < 4.78 is 6.25. The van der Waals surface area contributed by atoms with E-state index in [1.807, 2.05) is 6.92 Å². The smallest absolute Gasteiger partial charge is 0.0701 e. The number of rotatable bonds is 7. The Labute approximate surface area is 120 Å². The molecule has 0 rings (SSSR count). The van der Waals surface area contributed by atoms with Crippen LogP contribution in [0.25, 0.3) is 0 Å². The molecule has 1 N–H and O–H groups in total. The van der Waals surface area contributed by atoms with Gasteiger partial charge in [-0.25, -0.2) is 0 Å². The van der Waals surface area contributed by atoms with Gasteiger partial charge in [-0.1, -0.05) is 54.9 Å². The molecule has 1 atom stereocenters. The van der Waals surface area contributed by atoms with Crippen LogP contribution in [0, 0.1) is 16.2 Å². The summed E-state index contributed by atoms with van der Waals surface area (Å²) in [4.78, 5) is 0. The molecule has 0 aromatic carbocycles. The van der Waals surface area contributed by atoms with Crippen molar-refractivity contribution in [2.45, 2.75) is 87.4 Å². The molecular weight excluding hydrogens is 236 g/mol. The average Bonchev–Trinajstić information content (AvgIpc) is 2.26. The Kier molecular flexibility index (Phi) is 5.71. The van der Waals surface area contributed by atoms with Crippen molar-refractivity contribution in [1.29, 1.82) is 0 Å². The van der Waals surface area contributed by atoms with E-state index < -0.39 is 6.10 Å². The van der Waals surface area contributed by atoms with Crippen LogP contribution in [0.5, 0.6) is 0 Å². The van der Waals surface area contributed by atoms with Crippen molar-refractivity contribution in [2.24, 2.45) is 16.2 Å². The van der Waals surface area contributed by atoms with Crippen LogP contribution in [-0.2, 0) is 4.74 Å². The predicted octanol–water partition coefficient (Wildman–Crippen LogP) is 4.65. The van der Waals surface area contributed by atoms with Gasteiger partial charge in [-0.2, -0.15) is 0 Å². The van der Waals surface area contributed by atoms with Gasteiger partial charge in [-0.05, 0) is 31.6 Å². The van der Waals surface area contributed by atoms with Gasteiger partial charge in [0.05, 0.1) is 18.3 Å². The van der Waals surface area contributed by atoms with Crippen LogP contribution in [0.1, 0.15) is 75.7 Å². The van der Waals surface area contributed by atoms with Crippen LogP contribution >= 0.6 is 0 Å². The summed E-state index contributed by atoms with van der Waals surface area (Å²) in [6.45, 7) is 22.2. The fourth-order valence-corrected chi connectivity index (χ4v) is 1.72. The van der Waals surface area contributed by atoms with Gasteiger partial charge in [0, 0.05) is 5.41 Å². The van der Waals surface area contributed by atoms with E-state index in [1.165, 1.54) is 0 Å². The standard InChI is InChI=1S/C17H36O2/c1-11-14(3,4)15(5,6)12-19-17(9,10)16(7,8)13(2)18/h13,18H,11-12H2,1-10H3. The van der Waals surface area contributed by atoms with Gasteiger partial charge in [0.2, 0.25) is 0 Å². The van der Waals surface area contributed by atoms with E-state index in [0.717, 1.165) is 6.42 Å². The molecule has 0 aromatic rings. The molecule has 116 valence electrons. The molecule has 2 nitrogen and oxygen atoms in total. The monoisotopic (exact) mass is 272 g/mol. The Morgan fingerprint density at radius 1 is 0.895 bits per heavy atom. The van der Waals surface area contributed by atoms with Crippen LogP contribution in [0.3, 0.4) is 0 Å². The summed E-state index contributed by atoms with van der Waals surface area (Å²) >= 11 is 0. The van der Waals surface area contributed by atoms with E-state index >= 15 is 0 Å². The summed E-state index contributed by atoms with van der Waals surface area (Å²) in [6.07, 6.45) is 0.730. The second-order valence-electron chi connectivity index (χ2n) is 8.32. The van der Waals surface area contributed by atoms with Crippen molar-refractivity contribution in [1.82, 2.24) is 0 Å². The molecule has 0 heterocycles. The van der Waals surface area contributed by atoms with Crippen LogP contribution in [-0.4, -0.2) is 23.4 Å². The first-order valence-electron chi connectivity index (χ1n) is 7.53. The highest BCUT2D eigenvalue weighted by Crippen LogP contribution is 2.44. The first-order chi connectivity index (χ1) is 8.21. The largest absolute Gasteiger partial charge is 0.393 e. The topological polar surface area (TPSA) is 29.5 Å². The highest BCUT2D eigenvalue weighted by atomic mass is 16.5. The zero-order chi connectivity index (χ0) is 15.7. The molecule has 0 radical (unpaired) electrons. The average molecular weight is 272 g/mol. The zero-order valence-electron chi connectivity index (χ0n) is 14.8. The van der Waals surface area contributed by atoms with Crippen LogP contribution < -0.4 is 0 Å². The lowest BCUT2D eigenvalue weighted by atomic mass is 9.66. The van der Waals surface area contributed by atoms with Crippen LogP contribution in [0.15, 0.2) is 0 Å². The van der Waals surface area contributed by atoms with E-state index in [1.54, 1.807) is 0 Å². The second kappa shape index (κ2) is 5.73. The van der Waals surface area contributed by atoms with Gasteiger partial charge in [0.15, 0.2) is 0 Å². The number of ether oxygens (including phenoxy) is 1. The summed E-state index contributed by atoms with van der Waals surface area (Å²) in [6, 6.07) is 0. The minimum absolute atomic E-state index is 0.105. The Morgan fingerprint density at radius 3 is 1.63 bits per heavy atom. The van der Waals surface area contributed by atoms with Crippen molar-refractivity contribution in [3.05, 3.63) is 0 Å². The molecule has 0 spiro atoms. The normalized spacial score (nSPS) is 16.6. The summed E-state index contributed by atoms with van der Waals surface area (Å²) in [7, 11) is 0. The lowest BCUT2D eigenvalue weighted by molar-refractivity contribution is -0.166. The van der Waals surface area contributed by atoms with Gasteiger partial charge in [-0.3, -0.25) is 0 Å². The summed E-state index contributed by atoms with van der Waals surface area (Å²) in [5.41, 5.74) is -0.298.